The fourth-order valence-electron chi connectivity index (χ4n) is 2.56. The summed E-state index contributed by atoms with van der Waals surface area (Å²) in [5.41, 5.74) is 4.49. The minimum absolute atomic E-state index is 0.575. The normalized spacial score (nSPS) is 14.6. The molecule has 0 spiro atoms. The highest BCUT2D eigenvalue weighted by Crippen LogP contribution is 2.20. The van der Waals surface area contributed by atoms with Crippen LogP contribution in [0.3, 0.4) is 0 Å². The zero-order valence-corrected chi connectivity index (χ0v) is 16.0. The van der Waals surface area contributed by atoms with Crippen molar-refractivity contribution in [2.75, 3.05) is 19.3 Å². The molecule has 0 rings (SSSR count). The lowest BCUT2D eigenvalue weighted by molar-refractivity contribution is 0.151. The molecule has 0 aromatic rings. The van der Waals surface area contributed by atoms with Gasteiger partial charge in [-0.3, -0.25) is 9.62 Å². The van der Waals surface area contributed by atoms with E-state index in [2.05, 4.69) is 68.9 Å². The third kappa shape index (κ3) is 9.32. The molecule has 0 aliphatic carbocycles. The van der Waals surface area contributed by atoms with E-state index < -0.39 is 0 Å². The molecule has 2 unspecified atom stereocenters. The predicted molar refractivity (Wildman–Crippen MR) is 103 cm³/mol. The van der Waals surface area contributed by atoms with Crippen LogP contribution in [0.5, 0.6) is 0 Å². The number of allylic oxidation sites excluding steroid dienone is 4. The summed E-state index contributed by atoms with van der Waals surface area (Å²) < 4.78 is 3.34. The van der Waals surface area contributed by atoms with Gasteiger partial charge in [0.15, 0.2) is 0 Å². The lowest BCUT2D eigenvalue weighted by atomic mass is 9.94. The van der Waals surface area contributed by atoms with Gasteiger partial charge in [-0.1, -0.05) is 43.2 Å². The van der Waals surface area contributed by atoms with Crippen LogP contribution in [0.1, 0.15) is 41.0 Å². The molecule has 0 aliphatic rings. The van der Waals surface area contributed by atoms with Crippen molar-refractivity contribution >= 4 is 11.9 Å². The number of nitrogens with one attached hydrogen (secondary N) is 1. The molecule has 2 nitrogen and oxygen atoms in total. The van der Waals surface area contributed by atoms with E-state index in [0.29, 0.717) is 18.0 Å². The van der Waals surface area contributed by atoms with Gasteiger partial charge in [0.1, 0.15) is 0 Å². The van der Waals surface area contributed by atoms with Gasteiger partial charge in [-0.05, 0) is 58.4 Å². The van der Waals surface area contributed by atoms with Crippen LogP contribution in [-0.2, 0) is 0 Å². The Bertz CT molecular complexity index is 392. The van der Waals surface area contributed by atoms with Crippen LogP contribution < -0.4 is 4.72 Å². The standard InChI is InChI=1S/C19H34N2S/c1-8-9-10-11-12-17(4)18(5)15-19(6)21(16(2)3)14-13-20-22-7/h8-9,11-12,16,18-20H,1,13-15H2,2-7H3/b17-12+. The van der Waals surface area contributed by atoms with E-state index in [-0.39, 0.29) is 0 Å². The Balaban J connectivity index is 4.59. The van der Waals surface area contributed by atoms with E-state index in [1.165, 1.54) is 12.0 Å². The smallest absolute Gasteiger partial charge is 0.0187 e. The Kier molecular flexibility index (Phi) is 12.4. The summed E-state index contributed by atoms with van der Waals surface area (Å²) in [6, 6.07) is 1.15. The molecule has 0 radical (unpaired) electrons. The molecule has 2 atom stereocenters. The maximum absolute atomic E-state index is 3.65. The van der Waals surface area contributed by atoms with Crippen LogP contribution in [0, 0.1) is 5.92 Å². The molecule has 22 heavy (non-hydrogen) atoms. The van der Waals surface area contributed by atoms with Crippen LogP contribution in [0.25, 0.3) is 0 Å². The molecule has 0 heterocycles. The van der Waals surface area contributed by atoms with Crippen molar-refractivity contribution in [2.45, 2.75) is 53.1 Å². The average molecular weight is 323 g/mol. The second-order valence-electron chi connectivity index (χ2n) is 6.06. The van der Waals surface area contributed by atoms with Gasteiger partial charge in [0.2, 0.25) is 0 Å². The van der Waals surface area contributed by atoms with Gasteiger partial charge in [0.25, 0.3) is 0 Å². The first-order chi connectivity index (χ1) is 10.4. The minimum Gasteiger partial charge on any atom is -0.297 e. The molecular formula is C19H34N2S. The van der Waals surface area contributed by atoms with Crippen molar-refractivity contribution in [1.82, 2.24) is 9.62 Å². The summed E-state index contributed by atoms with van der Waals surface area (Å²) in [5, 5.41) is 0. The Morgan fingerprint density at radius 3 is 2.50 bits per heavy atom. The van der Waals surface area contributed by atoms with Crippen LogP contribution >= 0.6 is 11.9 Å². The third-order valence-electron chi connectivity index (χ3n) is 3.97. The van der Waals surface area contributed by atoms with Crippen molar-refractivity contribution in [2.24, 2.45) is 5.92 Å². The molecule has 0 bridgehead atoms. The zero-order chi connectivity index (χ0) is 17.0. The first kappa shape index (κ1) is 21.3. The van der Waals surface area contributed by atoms with E-state index in [1.807, 2.05) is 12.2 Å². The highest BCUT2D eigenvalue weighted by atomic mass is 32.2. The van der Waals surface area contributed by atoms with Gasteiger partial charge in [0, 0.05) is 25.2 Å². The summed E-state index contributed by atoms with van der Waals surface area (Å²) in [6.07, 6.45) is 11.0. The van der Waals surface area contributed by atoms with Crippen molar-refractivity contribution < 1.29 is 0 Å². The molecule has 0 saturated heterocycles. The van der Waals surface area contributed by atoms with Crippen molar-refractivity contribution in [3.63, 3.8) is 0 Å². The summed E-state index contributed by atoms with van der Waals surface area (Å²) >= 11 is 1.69. The lowest BCUT2D eigenvalue weighted by Crippen LogP contribution is -2.42. The Morgan fingerprint density at radius 2 is 1.95 bits per heavy atom. The lowest BCUT2D eigenvalue weighted by Gasteiger charge is -2.34. The van der Waals surface area contributed by atoms with Crippen molar-refractivity contribution in [3.8, 4) is 0 Å². The van der Waals surface area contributed by atoms with Crippen LogP contribution in [-0.4, -0.2) is 36.3 Å². The second-order valence-corrected chi connectivity index (χ2v) is 6.76. The van der Waals surface area contributed by atoms with Gasteiger partial charge >= 0.3 is 0 Å². The van der Waals surface area contributed by atoms with Gasteiger partial charge < -0.3 is 0 Å². The van der Waals surface area contributed by atoms with Gasteiger partial charge in [-0.25, -0.2) is 0 Å². The summed E-state index contributed by atoms with van der Waals surface area (Å²) in [7, 11) is 0. The van der Waals surface area contributed by atoms with Crippen molar-refractivity contribution in [3.05, 3.63) is 42.2 Å². The van der Waals surface area contributed by atoms with E-state index in [0.717, 1.165) is 13.1 Å². The highest BCUT2D eigenvalue weighted by Gasteiger charge is 2.19. The number of rotatable bonds is 11. The first-order valence-corrected chi connectivity index (χ1v) is 9.38. The molecule has 3 heteroatoms. The number of hydrogen-bond donors (Lipinski definition) is 1. The molecule has 0 saturated carbocycles. The van der Waals surface area contributed by atoms with E-state index in [1.54, 1.807) is 18.0 Å². The van der Waals surface area contributed by atoms with E-state index >= 15 is 0 Å². The first-order valence-electron chi connectivity index (χ1n) is 8.15. The Morgan fingerprint density at radius 1 is 1.27 bits per heavy atom. The molecule has 0 aromatic heterocycles. The maximum Gasteiger partial charge on any atom is 0.0187 e. The Hall–Kier alpha value is -0.730. The fourth-order valence-corrected chi connectivity index (χ4v) is 2.86. The monoisotopic (exact) mass is 322 g/mol. The minimum atomic E-state index is 0.575. The van der Waals surface area contributed by atoms with Gasteiger partial charge in [-0.15, -0.1) is 5.73 Å². The molecular weight excluding hydrogens is 288 g/mol. The largest absolute Gasteiger partial charge is 0.297 e. The third-order valence-corrected chi connectivity index (χ3v) is 4.47. The Labute approximate surface area is 142 Å². The molecule has 0 aliphatic heterocycles. The average Bonchev–Trinajstić information content (AvgIpc) is 2.47. The number of hydrogen-bond acceptors (Lipinski definition) is 3. The van der Waals surface area contributed by atoms with Gasteiger partial charge in [-0.2, -0.15) is 0 Å². The summed E-state index contributed by atoms with van der Waals surface area (Å²) in [5.74, 6) is 0.576. The van der Waals surface area contributed by atoms with Crippen molar-refractivity contribution in [1.29, 1.82) is 0 Å². The van der Waals surface area contributed by atoms with E-state index in [4.69, 9.17) is 0 Å². The topological polar surface area (TPSA) is 15.3 Å². The predicted octanol–water partition coefficient (Wildman–Crippen LogP) is 4.82. The second kappa shape index (κ2) is 12.8. The maximum atomic E-state index is 3.65. The van der Waals surface area contributed by atoms with Crippen LogP contribution in [0.2, 0.25) is 0 Å². The molecule has 126 valence electrons. The molecule has 1 N–H and O–H groups in total. The number of nitrogens with zero attached hydrogens (tertiary/aromatic N) is 1. The van der Waals surface area contributed by atoms with Crippen LogP contribution in [0.15, 0.2) is 42.2 Å². The molecule has 0 amide bonds. The summed E-state index contributed by atoms with van der Waals surface area (Å²) in [4.78, 5) is 2.58. The highest BCUT2D eigenvalue weighted by molar-refractivity contribution is 7.96. The quantitative estimate of drug-likeness (QED) is 0.254. The zero-order valence-electron chi connectivity index (χ0n) is 15.2. The molecule has 0 aromatic carbocycles. The summed E-state index contributed by atoms with van der Waals surface area (Å²) in [6.45, 7) is 17.2. The molecule has 0 fully saturated rings. The van der Waals surface area contributed by atoms with E-state index in [9.17, 15) is 0 Å². The van der Waals surface area contributed by atoms with Crippen LogP contribution in [0.4, 0.5) is 0 Å². The fraction of sp³-hybridized carbons (Fsp3) is 0.632. The SMILES string of the molecule is C=CC=C=C/C=C(\C)C(C)CC(C)N(CCNSC)C(C)C. The van der Waals surface area contributed by atoms with Gasteiger partial charge in [0.05, 0.1) is 0 Å².